The van der Waals surface area contributed by atoms with Gasteiger partial charge >= 0.3 is 5.97 Å². The molecule has 1 atom stereocenters. The minimum Gasteiger partial charge on any atom is -0.478 e. The molecule has 2 rings (SSSR count). The van der Waals surface area contributed by atoms with Crippen molar-refractivity contribution in [2.45, 2.75) is 25.8 Å². The number of nitrogens with zero attached hydrogens (tertiary/aromatic N) is 1. The SMILES string of the molecule is CC(CCc1ccco1)Nc1nc(Cl)ccc1C(=O)O. The predicted molar refractivity (Wildman–Crippen MR) is 76.3 cm³/mol. The molecule has 0 aromatic carbocycles. The minimum atomic E-state index is -1.03. The van der Waals surface area contributed by atoms with Crippen molar-refractivity contribution in [3.63, 3.8) is 0 Å². The van der Waals surface area contributed by atoms with Crippen LogP contribution in [0.3, 0.4) is 0 Å². The number of carboxylic acid groups (broad SMARTS) is 1. The van der Waals surface area contributed by atoms with E-state index in [1.165, 1.54) is 12.1 Å². The van der Waals surface area contributed by atoms with Crippen LogP contribution in [0, 0.1) is 0 Å². The van der Waals surface area contributed by atoms with Crippen LogP contribution >= 0.6 is 11.6 Å². The second-order valence-electron chi connectivity index (χ2n) is 4.50. The fourth-order valence-corrected chi connectivity index (χ4v) is 1.98. The van der Waals surface area contributed by atoms with E-state index in [1.807, 2.05) is 19.1 Å². The highest BCUT2D eigenvalue weighted by atomic mass is 35.5. The molecule has 20 heavy (non-hydrogen) atoms. The maximum absolute atomic E-state index is 11.1. The van der Waals surface area contributed by atoms with Crippen LogP contribution in [0.2, 0.25) is 5.15 Å². The van der Waals surface area contributed by atoms with Crippen LogP contribution in [-0.2, 0) is 6.42 Å². The van der Waals surface area contributed by atoms with Crippen molar-refractivity contribution in [1.82, 2.24) is 4.98 Å². The molecule has 5 nitrogen and oxygen atoms in total. The second kappa shape index (κ2) is 6.43. The van der Waals surface area contributed by atoms with Gasteiger partial charge in [0.25, 0.3) is 0 Å². The third-order valence-corrected chi connectivity index (χ3v) is 3.09. The van der Waals surface area contributed by atoms with E-state index < -0.39 is 5.97 Å². The smallest absolute Gasteiger partial charge is 0.339 e. The molecule has 0 aliphatic rings. The van der Waals surface area contributed by atoms with Crippen molar-refractivity contribution in [2.24, 2.45) is 0 Å². The van der Waals surface area contributed by atoms with E-state index in [1.54, 1.807) is 6.26 Å². The van der Waals surface area contributed by atoms with E-state index in [0.29, 0.717) is 0 Å². The first kappa shape index (κ1) is 14.4. The Labute approximate surface area is 121 Å². The van der Waals surface area contributed by atoms with E-state index in [4.69, 9.17) is 21.1 Å². The number of furan rings is 1. The van der Waals surface area contributed by atoms with Gasteiger partial charge in [-0.05, 0) is 37.6 Å². The Balaban J connectivity index is 2.01. The zero-order chi connectivity index (χ0) is 14.5. The summed E-state index contributed by atoms with van der Waals surface area (Å²) in [4.78, 5) is 15.2. The molecule has 0 saturated carbocycles. The molecule has 0 aliphatic heterocycles. The molecular weight excluding hydrogens is 280 g/mol. The number of carbonyl (C=O) groups is 1. The van der Waals surface area contributed by atoms with Crippen LogP contribution in [-0.4, -0.2) is 22.1 Å². The second-order valence-corrected chi connectivity index (χ2v) is 4.89. The zero-order valence-electron chi connectivity index (χ0n) is 11.0. The highest BCUT2D eigenvalue weighted by Crippen LogP contribution is 2.18. The van der Waals surface area contributed by atoms with Gasteiger partial charge < -0.3 is 14.8 Å². The number of anilines is 1. The number of aromatic carboxylic acids is 1. The molecule has 0 radical (unpaired) electrons. The van der Waals surface area contributed by atoms with E-state index in [2.05, 4.69) is 10.3 Å². The van der Waals surface area contributed by atoms with Gasteiger partial charge in [-0.15, -0.1) is 0 Å². The van der Waals surface area contributed by atoms with Crippen molar-refractivity contribution in [3.8, 4) is 0 Å². The summed E-state index contributed by atoms with van der Waals surface area (Å²) in [7, 11) is 0. The lowest BCUT2D eigenvalue weighted by atomic mass is 10.1. The number of hydrogen-bond acceptors (Lipinski definition) is 4. The minimum absolute atomic E-state index is 0.0455. The summed E-state index contributed by atoms with van der Waals surface area (Å²) in [5.41, 5.74) is 0.110. The Morgan fingerprint density at radius 3 is 2.95 bits per heavy atom. The van der Waals surface area contributed by atoms with Gasteiger partial charge in [0.15, 0.2) is 0 Å². The van der Waals surface area contributed by atoms with Crippen molar-refractivity contribution in [1.29, 1.82) is 0 Å². The Morgan fingerprint density at radius 2 is 2.30 bits per heavy atom. The molecule has 0 saturated heterocycles. The van der Waals surface area contributed by atoms with Gasteiger partial charge in [-0.3, -0.25) is 0 Å². The fraction of sp³-hybridized carbons (Fsp3) is 0.286. The average molecular weight is 295 g/mol. The summed E-state index contributed by atoms with van der Waals surface area (Å²) in [6.07, 6.45) is 3.19. The van der Waals surface area contributed by atoms with Gasteiger partial charge in [0.1, 0.15) is 22.3 Å². The number of hydrogen-bond donors (Lipinski definition) is 2. The topological polar surface area (TPSA) is 75.4 Å². The molecule has 2 aromatic heterocycles. The summed E-state index contributed by atoms with van der Waals surface area (Å²) in [6, 6.07) is 6.70. The Hall–Kier alpha value is -2.01. The third kappa shape index (κ3) is 3.74. The number of nitrogens with one attached hydrogen (secondary N) is 1. The molecule has 0 bridgehead atoms. The highest BCUT2D eigenvalue weighted by Gasteiger charge is 2.14. The Morgan fingerprint density at radius 1 is 1.50 bits per heavy atom. The molecule has 0 aliphatic carbocycles. The largest absolute Gasteiger partial charge is 0.478 e. The number of aryl methyl sites for hydroxylation is 1. The lowest BCUT2D eigenvalue weighted by molar-refractivity contribution is 0.0697. The molecule has 2 heterocycles. The summed E-state index contributed by atoms with van der Waals surface area (Å²) in [5.74, 6) is 0.156. The standard InChI is InChI=1S/C14H15ClN2O3/c1-9(4-5-10-3-2-8-20-10)16-13-11(14(18)19)6-7-12(15)17-13/h2-3,6-9H,4-5H2,1H3,(H,16,17)(H,18,19). The molecule has 0 spiro atoms. The normalized spacial score (nSPS) is 12.1. The first-order valence-corrected chi connectivity index (χ1v) is 6.63. The summed E-state index contributed by atoms with van der Waals surface area (Å²) in [5, 5.41) is 12.4. The predicted octanol–water partition coefficient (Wildman–Crippen LogP) is 3.46. The fourth-order valence-electron chi connectivity index (χ4n) is 1.84. The first-order valence-electron chi connectivity index (χ1n) is 6.25. The molecule has 106 valence electrons. The maximum Gasteiger partial charge on any atom is 0.339 e. The van der Waals surface area contributed by atoms with Crippen LogP contribution in [0.15, 0.2) is 34.9 Å². The first-order chi connectivity index (χ1) is 9.56. The molecule has 0 fully saturated rings. The number of carboxylic acids is 1. The average Bonchev–Trinajstić information content (AvgIpc) is 2.89. The molecule has 6 heteroatoms. The number of halogens is 1. The van der Waals surface area contributed by atoms with E-state index in [-0.39, 0.29) is 22.6 Å². The van der Waals surface area contributed by atoms with Gasteiger partial charge in [-0.25, -0.2) is 9.78 Å². The molecule has 1 unspecified atom stereocenters. The Bertz CT molecular complexity index is 584. The van der Waals surface area contributed by atoms with Crippen molar-refractivity contribution < 1.29 is 14.3 Å². The number of pyridine rings is 1. The van der Waals surface area contributed by atoms with Crippen molar-refractivity contribution in [2.75, 3.05) is 5.32 Å². The molecule has 2 aromatic rings. The molecule has 0 amide bonds. The lowest BCUT2D eigenvalue weighted by Gasteiger charge is -2.15. The van der Waals surface area contributed by atoms with E-state index in [0.717, 1.165) is 18.6 Å². The zero-order valence-corrected chi connectivity index (χ0v) is 11.7. The van der Waals surface area contributed by atoms with Crippen molar-refractivity contribution in [3.05, 3.63) is 47.0 Å². The third-order valence-electron chi connectivity index (χ3n) is 2.88. The monoisotopic (exact) mass is 294 g/mol. The van der Waals surface area contributed by atoms with Gasteiger partial charge in [0, 0.05) is 12.5 Å². The summed E-state index contributed by atoms with van der Waals surface area (Å²) >= 11 is 5.80. The van der Waals surface area contributed by atoms with Gasteiger partial charge in [-0.1, -0.05) is 11.6 Å². The molecular formula is C14H15ClN2O3. The van der Waals surface area contributed by atoms with Crippen LogP contribution < -0.4 is 5.32 Å². The number of aromatic nitrogens is 1. The van der Waals surface area contributed by atoms with Crippen molar-refractivity contribution >= 4 is 23.4 Å². The maximum atomic E-state index is 11.1. The van der Waals surface area contributed by atoms with Gasteiger partial charge in [0.2, 0.25) is 0 Å². The highest BCUT2D eigenvalue weighted by molar-refractivity contribution is 6.29. The van der Waals surface area contributed by atoms with E-state index in [9.17, 15) is 4.79 Å². The quantitative estimate of drug-likeness (QED) is 0.798. The van der Waals surface area contributed by atoms with Crippen LogP contribution in [0.1, 0.15) is 29.5 Å². The van der Waals surface area contributed by atoms with Gasteiger partial charge in [0.05, 0.1) is 6.26 Å². The summed E-state index contributed by atoms with van der Waals surface area (Å²) in [6.45, 7) is 1.96. The number of rotatable bonds is 6. The van der Waals surface area contributed by atoms with Gasteiger partial charge in [-0.2, -0.15) is 0 Å². The van der Waals surface area contributed by atoms with Crippen LogP contribution in [0.4, 0.5) is 5.82 Å². The van der Waals surface area contributed by atoms with Crippen LogP contribution in [0.25, 0.3) is 0 Å². The van der Waals surface area contributed by atoms with E-state index >= 15 is 0 Å². The molecule has 2 N–H and O–H groups in total. The lowest BCUT2D eigenvalue weighted by Crippen LogP contribution is -2.19. The van der Waals surface area contributed by atoms with Crippen LogP contribution in [0.5, 0.6) is 0 Å². The summed E-state index contributed by atoms with van der Waals surface area (Å²) < 4.78 is 5.26. The Kier molecular flexibility index (Phi) is 4.63.